The molecule has 0 amide bonds. The number of nitrogen functional groups attached to an aromatic ring is 1. The average molecular weight is 423 g/mol. The van der Waals surface area contributed by atoms with Crippen LogP contribution >= 0.6 is 0 Å². The predicted octanol–water partition coefficient (Wildman–Crippen LogP) is 5.08. The largest absolute Gasteiger partial charge is 0.397 e. The maximum absolute atomic E-state index is 5.93. The summed E-state index contributed by atoms with van der Waals surface area (Å²) >= 11 is 0. The number of rotatable bonds is 6. The van der Waals surface area contributed by atoms with Crippen LogP contribution in [0.1, 0.15) is 50.5 Å². The smallest absolute Gasteiger partial charge is 0.0600 e. The van der Waals surface area contributed by atoms with Crippen molar-refractivity contribution < 1.29 is 0 Å². The van der Waals surface area contributed by atoms with Crippen molar-refractivity contribution in [2.45, 2.75) is 44.9 Å². The van der Waals surface area contributed by atoms with Crippen LogP contribution in [-0.2, 0) is 0 Å². The molecule has 4 heteroatoms. The van der Waals surface area contributed by atoms with Gasteiger partial charge in [0.2, 0.25) is 0 Å². The van der Waals surface area contributed by atoms with Crippen molar-refractivity contribution in [3.63, 3.8) is 0 Å². The van der Waals surface area contributed by atoms with Gasteiger partial charge in [-0.25, -0.2) is 0 Å². The van der Waals surface area contributed by atoms with Crippen LogP contribution in [0.15, 0.2) is 54.6 Å². The fourth-order valence-electron chi connectivity index (χ4n) is 4.62. The molecule has 0 saturated carbocycles. The molecule has 0 aliphatic carbocycles. The fraction of sp³-hybridized carbons (Fsp3) is 0.556. The molecule has 2 aromatic rings. The summed E-state index contributed by atoms with van der Waals surface area (Å²) in [5.74, 6) is 0.804. The van der Waals surface area contributed by atoms with E-state index in [1.54, 1.807) is 5.56 Å². The van der Waals surface area contributed by atoms with Gasteiger partial charge in [0.1, 0.15) is 0 Å². The summed E-state index contributed by atoms with van der Waals surface area (Å²) in [5.41, 5.74) is 9.54. The lowest BCUT2D eigenvalue weighted by atomic mass is 9.89. The van der Waals surface area contributed by atoms with E-state index in [9.17, 15) is 0 Å². The van der Waals surface area contributed by atoms with Crippen LogP contribution in [0.4, 0.5) is 11.4 Å². The lowest BCUT2D eigenvalue weighted by molar-refractivity contribution is 0.208. The van der Waals surface area contributed by atoms with Crippen LogP contribution in [0.3, 0.4) is 0 Å². The number of likely N-dealkylation sites (N-methyl/N-ethyl adjacent to an activating group) is 1. The first-order chi connectivity index (χ1) is 15.2. The second kappa shape index (κ2) is 12.7. The van der Waals surface area contributed by atoms with Crippen molar-refractivity contribution in [2.75, 3.05) is 63.5 Å². The number of hydrogen-bond donors (Lipinski definition) is 1. The Morgan fingerprint density at radius 3 is 2.10 bits per heavy atom. The minimum Gasteiger partial charge on any atom is -0.397 e. The maximum Gasteiger partial charge on any atom is 0.0600 e. The first-order valence-electron chi connectivity index (χ1n) is 12.2. The molecule has 0 atom stereocenters. The van der Waals surface area contributed by atoms with E-state index in [4.69, 9.17) is 5.73 Å². The van der Waals surface area contributed by atoms with E-state index in [0.29, 0.717) is 0 Å². The number of nitrogens with zero attached hydrogens (tertiary/aromatic N) is 3. The third kappa shape index (κ3) is 7.55. The van der Waals surface area contributed by atoms with Gasteiger partial charge in [-0.3, -0.25) is 0 Å². The van der Waals surface area contributed by atoms with Crippen LogP contribution in [-0.4, -0.2) is 62.7 Å². The van der Waals surface area contributed by atoms with Gasteiger partial charge in [0.25, 0.3) is 0 Å². The number of piperazine rings is 1. The molecule has 4 nitrogen and oxygen atoms in total. The van der Waals surface area contributed by atoms with E-state index in [2.05, 4.69) is 65.1 Å². The van der Waals surface area contributed by atoms with Crippen molar-refractivity contribution >= 4 is 11.4 Å². The molecular formula is C27H42N4. The normalized spacial score (nSPS) is 18.5. The average Bonchev–Trinajstić information content (AvgIpc) is 2.82. The molecular weight excluding hydrogens is 380 g/mol. The van der Waals surface area contributed by atoms with Gasteiger partial charge in [-0.2, -0.15) is 0 Å². The Labute approximate surface area is 190 Å². The Morgan fingerprint density at radius 1 is 0.806 bits per heavy atom. The van der Waals surface area contributed by atoms with Gasteiger partial charge in [0.15, 0.2) is 0 Å². The zero-order valence-corrected chi connectivity index (χ0v) is 19.7. The van der Waals surface area contributed by atoms with Crippen molar-refractivity contribution in [2.24, 2.45) is 0 Å². The molecule has 0 spiro atoms. The molecule has 2 N–H and O–H groups in total. The molecule has 0 radical (unpaired) electrons. The Balaban J connectivity index is 0.000000179. The van der Waals surface area contributed by atoms with E-state index in [1.165, 1.54) is 57.4 Å². The van der Waals surface area contributed by atoms with Crippen LogP contribution in [0, 0.1) is 0 Å². The van der Waals surface area contributed by atoms with Crippen LogP contribution in [0.25, 0.3) is 0 Å². The molecule has 0 bridgehead atoms. The molecule has 2 fully saturated rings. The highest BCUT2D eigenvalue weighted by atomic mass is 15.2. The third-order valence-electron chi connectivity index (χ3n) is 6.72. The number of para-hydroxylation sites is 2. The van der Waals surface area contributed by atoms with Crippen molar-refractivity contribution in [1.82, 2.24) is 9.80 Å². The van der Waals surface area contributed by atoms with Crippen molar-refractivity contribution in [1.29, 1.82) is 0 Å². The highest BCUT2D eigenvalue weighted by Crippen LogP contribution is 2.27. The molecule has 4 rings (SSSR count). The SMILES string of the molecule is CCCCCN1CCC(c2ccccc2)CC1.CN1CCN(c2ccccc2N)CC1. The highest BCUT2D eigenvalue weighted by molar-refractivity contribution is 5.67. The van der Waals surface area contributed by atoms with E-state index >= 15 is 0 Å². The summed E-state index contributed by atoms with van der Waals surface area (Å²) < 4.78 is 0. The number of nitrogens with two attached hydrogens (primary N) is 1. The second-order valence-corrected chi connectivity index (χ2v) is 9.08. The van der Waals surface area contributed by atoms with E-state index in [0.717, 1.165) is 37.8 Å². The minimum atomic E-state index is 0.804. The van der Waals surface area contributed by atoms with E-state index in [1.807, 2.05) is 18.2 Å². The molecule has 2 heterocycles. The number of benzene rings is 2. The van der Waals surface area contributed by atoms with Gasteiger partial charge in [-0.15, -0.1) is 0 Å². The number of anilines is 2. The van der Waals surface area contributed by atoms with Crippen LogP contribution in [0.5, 0.6) is 0 Å². The van der Waals surface area contributed by atoms with Crippen LogP contribution < -0.4 is 10.6 Å². The van der Waals surface area contributed by atoms with Crippen LogP contribution in [0.2, 0.25) is 0 Å². The van der Waals surface area contributed by atoms with E-state index < -0.39 is 0 Å². The van der Waals surface area contributed by atoms with Gasteiger partial charge >= 0.3 is 0 Å². The summed E-state index contributed by atoms with van der Waals surface area (Å²) in [6, 6.07) is 19.1. The zero-order chi connectivity index (χ0) is 21.9. The summed E-state index contributed by atoms with van der Waals surface area (Å²) in [6.45, 7) is 10.6. The lowest BCUT2D eigenvalue weighted by Crippen LogP contribution is -2.44. The topological polar surface area (TPSA) is 35.7 Å². The quantitative estimate of drug-likeness (QED) is 0.520. The maximum atomic E-state index is 5.93. The third-order valence-corrected chi connectivity index (χ3v) is 6.72. The Morgan fingerprint density at radius 2 is 1.45 bits per heavy atom. The first kappa shape index (κ1) is 23.6. The van der Waals surface area contributed by atoms with Gasteiger partial charge in [-0.05, 0) is 69.6 Å². The van der Waals surface area contributed by atoms with Gasteiger partial charge in [-0.1, -0.05) is 62.2 Å². The molecule has 170 valence electrons. The molecule has 0 aromatic heterocycles. The number of likely N-dealkylation sites (tertiary alicyclic amines) is 1. The van der Waals surface area contributed by atoms with Crippen molar-refractivity contribution in [3.05, 3.63) is 60.2 Å². The molecule has 2 aliphatic heterocycles. The summed E-state index contributed by atoms with van der Waals surface area (Å²) in [5, 5.41) is 0. The van der Waals surface area contributed by atoms with Gasteiger partial charge in [0, 0.05) is 26.2 Å². The fourth-order valence-corrected chi connectivity index (χ4v) is 4.62. The summed E-state index contributed by atoms with van der Waals surface area (Å²) in [4.78, 5) is 7.35. The predicted molar refractivity (Wildman–Crippen MR) is 135 cm³/mol. The molecule has 2 aromatic carbocycles. The van der Waals surface area contributed by atoms with Crippen molar-refractivity contribution in [3.8, 4) is 0 Å². The Bertz CT molecular complexity index is 732. The molecule has 0 unspecified atom stereocenters. The number of piperidine rings is 1. The molecule has 31 heavy (non-hydrogen) atoms. The molecule has 2 aliphatic rings. The molecule has 2 saturated heterocycles. The van der Waals surface area contributed by atoms with E-state index in [-0.39, 0.29) is 0 Å². The lowest BCUT2D eigenvalue weighted by Gasteiger charge is -2.34. The minimum absolute atomic E-state index is 0.804. The monoisotopic (exact) mass is 422 g/mol. The summed E-state index contributed by atoms with van der Waals surface area (Å²) in [6.07, 6.45) is 6.79. The standard InChI is InChI=1S/C16H25N.C11H17N3/c1-2-3-7-12-17-13-10-16(11-14-17)15-8-5-4-6-9-15;1-13-6-8-14(9-7-13)11-5-3-2-4-10(11)12/h4-6,8-9,16H,2-3,7,10-14H2,1H3;2-5H,6-9,12H2,1H3. The number of hydrogen-bond acceptors (Lipinski definition) is 4. The summed E-state index contributed by atoms with van der Waals surface area (Å²) in [7, 11) is 2.16. The van der Waals surface area contributed by atoms with Gasteiger partial charge < -0.3 is 20.4 Å². The zero-order valence-electron chi connectivity index (χ0n) is 19.7. The van der Waals surface area contributed by atoms with Gasteiger partial charge in [0.05, 0.1) is 11.4 Å². The Hall–Kier alpha value is -2.04. The Kier molecular flexibility index (Phi) is 9.70. The second-order valence-electron chi connectivity index (χ2n) is 9.08. The first-order valence-corrected chi connectivity index (χ1v) is 12.2. The highest BCUT2D eigenvalue weighted by Gasteiger charge is 2.19. The number of unbranched alkanes of at least 4 members (excludes halogenated alkanes) is 2.